The van der Waals surface area contributed by atoms with Gasteiger partial charge in [0.05, 0.1) is 12.0 Å². The minimum Gasteiger partial charge on any atom is -0.306 e. The molecule has 1 N–H and O–H groups in total. The van der Waals surface area contributed by atoms with Crippen molar-refractivity contribution in [3.63, 3.8) is 0 Å². The van der Waals surface area contributed by atoms with E-state index >= 15 is 0 Å². The van der Waals surface area contributed by atoms with Crippen molar-refractivity contribution in [2.24, 2.45) is 5.92 Å². The van der Waals surface area contributed by atoms with Crippen molar-refractivity contribution in [1.29, 1.82) is 5.26 Å². The van der Waals surface area contributed by atoms with Crippen molar-refractivity contribution >= 4 is 23.4 Å². The highest BCUT2D eigenvalue weighted by Crippen LogP contribution is 2.39. The van der Waals surface area contributed by atoms with Crippen LogP contribution in [0, 0.1) is 17.2 Å². The smallest absolute Gasteiger partial charge is 0.0672 e. The Labute approximate surface area is 123 Å². The monoisotopic (exact) mass is 292 g/mol. The number of thioether (sulfide) groups is 1. The summed E-state index contributed by atoms with van der Waals surface area (Å²) >= 11 is 8.03. The molecule has 1 fully saturated rings. The summed E-state index contributed by atoms with van der Waals surface area (Å²) < 4.78 is 0. The fraction of sp³-hybridized carbons (Fsp3) is 0.533. The van der Waals surface area contributed by atoms with Gasteiger partial charge in [0.25, 0.3) is 0 Å². The molecule has 100 valence electrons. The summed E-state index contributed by atoms with van der Waals surface area (Å²) in [5, 5.41) is 13.7. The lowest BCUT2D eigenvalue weighted by atomic mass is 9.99. The summed E-state index contributed by atoms with van der Waals surface area (Å²) in [6.07, 6.45) is 4.45. The molecule has 3 rings (SSSR count). The molecule has 1 aromatic rings. The van der Waals surface area contributed by atoms with Crippen molar-refractivity contribution in [3.8, 4) is 6.07 Å². The maximum Gasteiger partial charge on any atom is 0.0672 e. The van der Waals surface area contributed by atoms with E-state index in [0.29, 0.717) is 12.1 Å². The van der Waals surface area contributed by atoms with E-state index in [1.165, 1.54) is 16.9 Å². The molecule has 1 aliphatic carbocycles. The van der Waals surface area contributed by atoms with Crippen LogP contribution in [0.5, 0.6) is 0 Å². The maximum atomic E-state index is 9.19. The first kappa shape index (κ1) is 13.3. The van der Waals surface area contributed by atoms with E-state index in [1.807, 2.05) is 17.8 Å². The summed E-state index contributed by atoms with van der Waals surface area (Å²) in [6, 6.07) is 9.31. The van der Waals surface area contributed by atoms with Crippen LogP contribution in [0.2, 0.25) is 5.02 Å². The minimum atomic E-state index is 0.178. The van der Waals surface area contributed by atoms with Crippen molar-refractivity contribution < 1.29 is 0 Å². The molecule has 3 unspecified atom stereocenters. The second-order valence-electron chi connectivity index (χ2n) is 5.31. The molecule has 0 radical (unpaired) electrons. The van der Waals surface area contributed by atoms with Gasteiger partial charge in [0, 0.05) is 22.0 Å². The van der Waals surface area contributed by atoms with E-state index in [-0.39, 0.29) is 5.92 Å². The Morgan fingerprint density at radius 2 is 2.21 bits per heavy atom. The highest BCUT2D eigenvalue weighted by Gasteiger charge is 2.31. The Morgan fingerprint density at radius 1 is 1.32 bits per heavy atom. The van der Waals surface area contributed by atoms with Crippen LogP contribution in [-0.4, -0.2) is 11.8 Å². The van der Waals surface area contributed by atoms with Gasteiger partial charge in [0.15, 0.2) is 0 Å². The fourth-order valence-corrected chi connectivity index (χ4v) is 4.40. The number of fused-ring (bicyclic) bond motifs is 1. The van der Waals surface area contributed by atoms with Gasteiger partial charge in [-0.25, -0.2) is 0 Å². The van der Waals surface area contributed by atoms with E-state index in [9.17, 15) is 5.26 Å². The molecule has 19 heavy (non-hydrogen) atoms. The zero-order chi connectivity index (χ0) is 13.2. The normalized spacial score (nSPS) is 29.8. The van der Waals surface area contributed by atoms with Gasteiger partial charge in [-0.15, -0.1) is 11.8 Å². The summed E-state index contributed by atoms with van der Waals surface area (Å²) in [4.78, 5) is 1.33. The van der Waals surface area contributed by atoms with E-state index in [4.69, 9.17) is 11.6 Å². The molecule has 1 aliphatic heterocycles. The van der Waals surface area contributed by atoms with Gasteiger partial charge in [-0.1, -0.05) is 18.0 Å². The summed E-state index contributed by atoms with van der Waals surface area (Å²) in [6.45, 7) is 0. The van der Waals surface area contributed by atoms with Crippen LogP contribution in [0.4, 0.5) is 0 Å². The topological polar surface area (TPSA) is 35.8 Å². The highest BCUT2D eigenvalue weighted by atomic mass is 35.5. The number of nitrogens with one attached hydrogen (secondary N) is 1. The Balaban J connectivity index is 1.80. The Morgan fingerprint density at radius 3 is 3.05 bits per heavy atom. The molecule has 1 heterocycles. The molecular formula is C15H17ClN2S. The molecular weight excluding hydrogens is 276 g/mol. The van der Waals surface area contributed by atoms with Crippen molar-refractivity contribution in [2.45, 2.75) is 42.7 Å². The number of benzene rings is 1. The van der Waals surface area contributed by atoms with Crippen LogP contribution in [0.25, 0.3) is 0 Å². The summed E-state index contributed by atoms with van der Waals surface area (Å²) in [7, 11) is 0. The van der Waals surface area contributed by atoms with Crippen LogP contribution in [0.1, 0.15) is 37.3 Å². The van der Waals surface area contributed by atoms with Crippen molar-refractivity contribution in [1.82, 2.24) is 5.32 Å². The molecule has 1 saturated carbocycles. The Bertz CT molecular complexity index is 511. The first-order valence-electron chi connectivity index (χ1n) is 6.86. The molecule has 0 amide bonds. The number of nitrogens with zero attached hydrogens (tertiary/aromatic N) is 1. The third-order valence-electron chi connectivity index (χ3n) is 4.11. The van der Waals surface area contributed by atoms with Gasteiger partial charge in [-0.3, -0.25) is 0 Å². The lowest BCUT2D eigenvalue weighted by Gasteiger charge is -2.30. The number of hydrogen-bond donors (Lipinski definition) is 1. The lowest BCUT2D eigenvalue weighted by Crippen LogP contribution is -2.36. The van der Waals surface area contributed by atoms with E-state index < -0.39 is 0 Å². The largest absolute Gasteiger partial charge is 0.306 e. The van der Waals surface area contributed by atoms with Gasteiger partial charge >= 0.3 is 0 Å². The second-order valence-corrected chi connectivity index (χ2v) is 6.88. The molecule has 3 atom stereocenters. The minimum absolute atomic E-state index is 0.178. The van der Waals surface area contributed by atoms with Gasteiger partial charge in [0.1, 0.15) is 0 Å². The molecule has 0 spiro atoms. The molecule has 0 aromatic heterocycles. The third-order valence-corrected chi connectivity index (χ3v) is 5.47. The molecule has 1 aromatic carbocycles. The molecule has 2 nitrogen and oxygen atoms in total. The van der Waals surface area contributed by atoms with E-state index in [1.54, 1.807) is 0 Å². The van der Waals surface area contributed by atoms with Crippen LogP contribution >= 0.6 is 23.4 Å². The number of halogens is 1. The predicted molar refractivity (Wildman–Crippen MR) is 79.4 cm³/mol. The second kappa shape index (κ2) is 5.75. The number of rotatable bonds is 2. The predicted octanol–water partition coefficient (Wildman–Crippen LogP) is 4.16. The first-order valence-corrected chi connectivity index (χ1v) is 8.22. The SMILES string of the molecule is N#CC1CCCC1NC1CCSc2ccc(Cl)cc21. The number of nitriles is 1. The standard InChI is InChI=1S/C15H17ClN2S/c16-11-4-5-15-12(8-11)14(6-7-19-15)18-13-3-1-2-10(13)9-17/h4-5,8,10,13-14,18H,1-3,6-7H2. The molecule has 0 bridgehead atoms. The van der Waals surface area contributed by atoms with Gasteiger partial charge in [-0.05, 0) is 48.8 Å². The average molecular weight is 293 g/mol. The van der Waals surface area contributed by atoms with Crippen LogP contribution in [0.3, 0.4) is 0 Å². The average Bonchev–Trinajstić information content (AvgIpc) is 2.87. The van der Waals surface area contributed by atoms with Gasteiger partial charge in [-0.2, -0.15) is 5.26 Å². The van der Waals surface area contributed by atoms with Crippen molar-refractivity contribution in [3.05, 3.63) is 28.8 Å². The quantitative estimate of drug-likeness (QED) is 0.889. The van der Waals surface area contributed by atoms with Gasteiger partial charge < -0.3 is 5.32 Å². The zero-order valence-electron chi connectivity index (χ0n) is 10.7. The Kier molecular flexibility index (Phi) is 4.02. The maximum absolute atomic E-state index is 9.19. The Hall–Kier alpha value is -0.690. The van der Waals surface area contributed by atoms with Crippen molar-refractivity contribution in [2.75, 3.05) is 5.75 Å². The summed E-state index contributed by atoms with van der Waals surface area (Å²) in [5.74, 6) is 1.31. The molecule has 0 saturated heterocycles. The lowest BCUT2D eigenvalue weighted by molar-refractivity contribution is 0.390. The highest BCUT2D eigenvalue weighted by molar-refractivity contribution is 7.99. The number of hydrogen-bond acceptors (Lipinski definition) is 3. The molecule has 2 aliphatic rings. The van der Waals surface area contributed by atoms with Gasteiger partial charge in [0.2, 0.25) is 0 Å². The van der Waals surface area contributed by atoms with Crippen LogP contribution < -0.4 is 5.32 Å². The first-order chi connectivity index (χ1) is 9.28. The fourth-order valence-electron chi connectivity index (χ4n) is 3.11. The summed E-state index contributed by atoms with van der Waals surface area (Å²) in [5.41, 5.74) is 1.31. The van der Waals surface area contributed by atoms with Crippen LogP contribution in [-0.2, 0) is 0 Å². The van der Waals surface area contributed by atoms with E-state index in [2.05, 4.69) is 23.5 Å². The zero-order valence-corrected chi connectivity index (χ0v) is 12.3. The third kappa shape index (κ3) is 2.76. The van der Waals surface area contributed by atoms with Crippen LogP contribution in [0.15, 0.2) is 23.1 Å². The van der Waals surface area contributed by atoms with E-state index in [0.717, 1.165) is 30.0 Å². The molecule has 4 heteroatoms.